The van der Waals surface area contributed by atoms with E-state index in [1.165, 1.54) is 17.0 Å². The maximum atomic E-state index is 13.7. The van der Waals surface area contributed by atoms with Gasteiger partial charge in [0.2, 0.25) is 0 Å². The fourth-order valence-electron chi connectivity index (χ4n) is 3.71. The number of nitrogens with zero attached hydrogens (tertiary/aromatic N) is 2. The number of carbonyl (C=O) groups is 1. The van der Waals surface area contributed by atoms with Gasteiger partial charge in [-0.1, -0.05) is 6.07 Å². The molecule has 0 saturated carbocycles. The first-order valence-corrected chi connectivity index (χ1v) is 9.60. The molecule has 1 amide bonds. The second kappa shape index (κ2) is 7.14. The van der Waals surface area contributed by atoms with E-state index in [0.717, 1.165) is 38.0 Å². The predicted octanol–water partition coefficient (Wildman–Crippen LogP) is 4.12. The summed E-state index contributed by atoms with van der Waals surface area (Å²) in [5.74, 6) is 0.0907. The fourth-order valence-corrected chi connectivity index (χ4v) is 4.37. The smallest absolute Gasteiger partial charge is 0.414 e. The molecule has 0 unspecified atom stereocenters. The number of benzene rings is 1. The lowest BCUT2D eigenvalue weighted by Crippen LogP contribution is -2.53. The molecule has 0 spiro atoms. The number of anilines is 1. The monoisotopic (exact) mass is 360 g/mol. The summed E-state index contributed by atoms with van der Waals surface area (Å²) in [5, 5.41) is 3.96. The van der Waals surface area contributed by atoms with Gasteiger partial charge in [-0.05, 0) is 72.4 Å². The van der Waals surface area contributed by atoms with Gasteiger partial charge in [0.05, 0.1) is 12.2 Å². The molecular formula is C19H21FN2O2S. The second-order valence-electron chi connectivity index (χ2n) is 6.76. The number of rotatable bonds is 4. The molecule has 1 aromatic heterocycles. The minimum Gasteiger partial charge on any atom is -0.444 e. The molecule has 3 saturated heterocycles. The van der Waals surface area contributed by atoms with Crippen LogP contribution >= 0.6 is 11.3 Å². The Balaban J connectivity index is 1.53. The van der Waals surface area contributed by atoms with Crippen molar-refractivity contribution in [2.24, 2.45) is 5.92 Å². The van der Waals surface area contributed by atoms with E-state index >= 15 is 0 Å². The molecule has 25 heavy (non-hydrogen) atoms. The zero-order chi connectivity index (χ0) is 17.2. The van der Waals surface area contributed by atoms with E-state index in [2.05, 4.69) is 4.90 Å². The van der Waals surface area contributed by atoms with Crippen molar-refractivity contribution in [2.75, 3.05) is 24.5 Å². The molecule has 132 valence electrons. The first-order valence-electron chi connectivity index (χ1n) is 8.66. The summed E-state index contributed by atoms with van der Waals surface area (Å²) in [7, 11) is 0. The molecule has 1 atom stereocenters. The van der Waals surface area contributed by atoms with E-state index < -0.39 is 6.09 Å². The highest BCUT2D eigenvalue weighted by molar-refractivity contribution is 7.07. The molecule has 3 aliphatic rings. The van der Waals surface area contributed by atoms with Crippen molar-refractivity contribution >= 4 is 23.1 Å². The van der Waals surface area contributed by atoms with Crippen LogP contribution in [0.5, 0.6) is 0 Å². The number of amides is 1. The maximum absolute atomic E-state index is 13.7. The molecule has 2 bridgehead atoms. The van der Waals surface area contributed by atoms with Crippen molar-refractivity contribution in [3.05, 3.63) is 52.5 Å². The van der Waals surface area contributed by atoms with E-state index in [0.29, 0.717) is 18.2 Å². The molecular weight excluding hydrogens is 339 g/mol. The Morgan fingerprint density at radius 2 is 2.16 bits per heavy atom. The van der Waals surface area contributed by atoms with Crippen LogP contribution in [0.2, 0.25) is 0 Å². The number of carbonyl (C=O) groups excluding carboxylic acids is 1. The minimum absolute atomic E-state index is 0.0615. The quantitative estimate of drug-likeness (QED) is 0.822. The summed E-state index contributed by atoms with van der Waals surface area (Å²) < 4.78 is 19.5. The highest BCUT2D eigenvalue weighted by atomic mass is 32.1. The Morgan fingerprint density at radius 1 is 1.32 bits per heavy atom. The molecule has 6 heteroatoms. The van der Waals surface area contributed by atoms with Crippen LogP contribution in [0.25, 0.3) is 0 Å². The Morgan fingerprint density at radius 3 is 2.80 bits per heavy atom. The van der Waals surface area contributed by atoms with Crippen molar-refractivity contribution in [3.63, 3.8) is 0 Å². The molecule has 4 heterocycles. The second-order valence-corrected chi connectivity index (χ2v) is 7.54. The standard InChI is InChI=1S/C19H21FN2O2S/c20-16-2-1-3-17(10-16)22(11-14-6-9-25-13-14)19(23)24-18-12-21-7-4-15(18)5-8-21/h1-3,6,9-10,13,15,18H,4-5,7-8,11-12H2/t18-/m0/s1. The van der Waals surface area contributed by atoms with Crippen molar-refractivity contribution in [1.82, 2.24) is 4.90 Å². The van der Waals surface area contributed by atoms with Crippen molar-refractivity contribution in [3.8, 4) is 0 Å². The zero-order valence-corrected chi connectivity index (χ0v) is 14.8. The zero-order valence-electron chi connectivity index (χ0n) is 13.9. The number of fused-ring (bicyclic) bond motifs is 3. The van der Waals surface area contributed by atoms with Gasteiger partial charge in [0, 0.05) is 6.54 Å². The summed E-state index contributed by atoms with van der Waals surface area (Å²) in [6, 6.07) is 8.09. The molecule has 1 aromatic carbocycles. The average Bonchev–Trinajstić information content (AvgIpc) is 3.14. The number of thiophene rings is 1. The lowest BCUT2D eigenvalue weighted by Gasteiger charge is -2.44. The fraction of sp³-hybridized carbons (Fsp3) is 0.421. The first-order chi connectivity index (χ1) is 12.2. The predicted molar refractivity (Wildman–Crippen MR) is 96.3 cm³/mol. The van der Waals surface area contributed by atoms with Crippen LogP contribution in [0.4, 0.5) is 14.9 Å². The normalized spacial score (nSPS) is 24.9. The topological polar surface area (TPSA) is 32.8 Å². The van der Waals surface area contributed by atoms with Gasteiger partial charge in [0.1, 0.15) is 11.9 Å². The Bertz CT molecular complexity index is 729. The number of hydrogen-bond donors (Lipinski definition) is 0. The van der Waals surface area contributed by atoms with Gasteiger partial charge in [-0.2, -0.15) is 11.3 Å². The molecule has 0 aliphatic carbocycles. The van der Waals surface area contributed by atoms with Gasteiger partial charge in [-0.15, -0.1) is 0 Å². The van der Waals surface area contributed by atoms with Gasteiger partial charge in [0.15, 0.2) is 0 Å². The lowest BCUT2D eigenvalue weighted by atomic mass is 9.86. The van der Waals surface area contributed by atoms with Gasteiger partial charge in [-0.3, -0.25) is 9.80 Å². The summed E-state index contributed by atoms with van der Waals surface area (Å²) in [4.78, 5) is 16.8. The van der Waals surface area contributed by atoms with Crippen LogP contribution in [0.3, 0.4) is 0 Å². The van der Waals surface area contributed by atoms with Crippen LogP contribution in [0, 0.1) is 11.7 Å². The van der Waals surface area contributed by atoms with Gasteiger partial charge < -0.3 is 4.74 Å². The van der Waals surface area contributed by atoms with Gasteiger partial charge in [-0.25, -0.2) is 9.18 Å². The SMILES string of the molecule is O=C(O[C@H]1CN2CCC1CC2)N(Cc1ccsc1)c1cccc(F)c1. The number of hydrogen-bond acceptors (Lipinski definition) is 4. The highest BCUT2D eigenvalue weighted by Gasteiger charge is 2.37. The summed E-state index contributed by atoms with van der Waals surface area (Å²) in [6.07, 6.45) is 1.72. The molecule has 2 aromatic rings. The van der Waals surface area contributed by atoms with Gasteiger partial charge in [0.25, 0.3) is 0 Å². The Hall–Kier alpha value is -1.92. The molecule has 3 fully saturated rings. The van der Waals surface area contributed by atoms with Crippen molar-refractivity contribution in [1.29, 1.82) is 0 Å². The first kappa shape index (κ1) is 16.5. The average molecular weight is 360 g/mol. The Labute approximate surface area is 150 Å². The highest BCUT2D eigenvalue weighted by Crippen LogP contribution is 2.30. The van der Waals surface area contributed by atoms with Crippen LogP contribution in [0.1, 0.15) is 18.4 Å². The van der Waals surface area contributed by atoms with Crippen LogP contribution in [-0.4, -0.2) is 36.7 Å². The van der Waals surface area contributed by atoms with E-state index in [4.69, 9.17) is 4.74 Å². The van der Waals surface area contributed by atoms with Crippen molar-refractivity contribution < 1.29 is 13.9 Å². The minimum atomic E-state index is -0.393. The molecule has 0 N–H and O–H groups in total. The summed E-state index contributed by atoms with van der Waals surface area (Å²) >= 11 is 1.58. The molecule has 4 nitrogen and oxygen atoms in total. The van der Waals surface area contributed by atoms with Crippen LogP contribution < -0.4 is 4.90 Å². The van der Waals surface area contributed by atoms with Crippen molar-refractivity contribution in [2.45, 2.75) is 25.5 Å². The molecule has 3 aliphatic heterocycles. The number of piperidine rings is 3. The van der Waals surface area contributed by atoms with Gasteiger partial charge >= 0.3 is 6.09 Å². The third-order valence-electron chi connectivity index (χ3n) is 5.11. The van der Waals surface area contributed by atoms with E-state index in [-0.39, 0.29) is 11.9 Å². The van der Waals surface area contributed by atoms with Crippen LogP contribution in [0.15, 0.2) is 41.1 Å². The van der Waals surface area contributed by atoms with Crippen LogP contribution in [-0.2, 0) is 11.3 Å². The third-order valence-corrected chi connectivity index (χ3v) is 5.84. The largest absolute Gasteiger partial charge is 0.444 e. The third kappa shape index (κ3) is 3.70. The van der Waals surface area contributed by atoms with E-state index in [9.17, 15) is 9.18 Å². The molecule has 5 rings (SSSR count). The summed E-state index contributed by atoms with van der Waals surface area (Å²) in [5.41, 5.74) is 1.54. The molecule has 0 radical (unpaired) electrons. The Kier molecular flexibility index (Phi) is 4.72. The number of ether oxygens (including phenoxy) is 1. The number of halogens is 1. The summed E-state index contributed by atoms with van der Waals surface area (Å²) in [6.45, 7) is 3.39. The van der Waals surface area contributed by atoms with E-state index in [1.54, 1.807) is 23.5 Å². The van der Waals surface area contributed by atoms with E-state index in [1.807, 2.05) is 16.8 Å². The maximum Gasteiger partial charge on any atom is 0.414 e. The lowest BCUT2D eigenvalue weighted by molar-refractivity contribution is -0.0311.